The Morgan fingerprint density at radius 1 is 0.708 bits per heavy atom. The van der Waals surface area contributed by atoms with Crippen LogP contribution >= 0.6 is 0 Å². The Morgan fingerprint density at radius 2 is 1.12 bits per heavy atom. The zero-order chi connectivity index (χ0) is 17.7. The fourth-order valence-corrected chi connectivity index (χ4v) is 5.59. The lowest BCUT2D eigenvalue weighted by Crippen LogP contribution is -2.21. The van der Waals surface area contributed by atoms with Crippen LogP contribution in [0.5, 0.6) is 0 Å². The predicted octanol–water partition coefficient (Wildman–Crippen LogP) is 7.96. The van der Waals surface area contributed by atoms with Gasteiger partial charge in [0.15, 0.2) is 0 Å². The van der Waals surface area contributed by atoms with Crippen molar-refractivity contribution in [3.05, 3.63) is 0 Å². The van der Waals surface area contributed by atoms with Crippen molar-refractivity contribution < 1.29 is 0 Å². The Hall–Kier alpha value is 0. The lowest BCUT2D eigenvalue weighted by atomic mass is 9.72. The summed E-state index contributed by atoms with van der Waals surface area (Å²) in [5, 5.41) is 0. The molecule has 2 bridgehead atoms. The first kappa shape index (κ1) is 20.3. The lowest BCUT2D eigenvalue weighted by Gasteiger charge is -2.33. The summed E-state index contributed by atoms with van der Waals surface area (Å²) < 4.78 is 0. The van der Waals surface area contributed by atoms with Crippen LogP contribution in [0.4, 0.5) is 0 Å². The largest absolute Gasteiger partial charge is 0.0651 e. The lowest BCUT2D eigenvalue weighted by molar-refractivity contribution is 0.183. The van der Waals surface area contributed by atoms with Crippen molar-refractivity contribution in [3.63, 3.8) is 0 Å². The SMILES string of the molecule is CC(C)C1CCCC1.CC1C2CC(C2)C1C.CCC1CC(CC)C1. The van der Waals surface area contributed by atoms with Gasteiger partial charge in [0.1, 0.15) is 0 Å². The molecule has 0 heterocycles. The molecule has 5 saturated carbocycles. The topological polar surface area (TPSA) is 0 Å². The summed E-state index contributed by atoms with van der Waals surface area (Å²) in [6.45, 7) is 14.1. The molecule has 0 aromatic heterocycles. The van der Waals surface area contributed by atoms with Gasteiger partial charge < -0.3 is 0 Å². The average molecular weight is 335 g/mol. The van der Waals surface area contributed by atoms with E-state index in [0.29, 0.717) is 0 Å². The molecule has 0 aliphatic heterocycles. The molecule has 5 aliphatic carbocycles. The van der Waals surface area contributed by atoms with Gasteiger partial charge in [-0.2, -0.15) is 0 Å². The first-order chi connectivity index (χ1) is 11.5. The first-order valence-electron chi connectivity index (χ1n) is 11.5. The summed E-state index contributed by atoms with van der Waals surface area (Å²) in [6.07, 6.45) is 15.0. The first-order valence-corrected chi connectivity index (χ1v) is 11.5. The van der Waals surface area contributed by atoms with E-state index in [4.69, 9.17) is 0 Å². The summed E-state index contributed by atoms with van der Waals surface area (Å²) in [5.74, 6) is 8.58. The minimum Gasteiger partial charge on any atom is -0.0651 e. The molecule has 5 aliphatic rings. The number of fused-ring (bicyclic) bond motifs is 1. The highest BCUT2D eigenvalue weighted by Gasteiger charge is 2.47. The molecule has 142 valence electrons. The molecule has 2 atom stereocenters. The Balaban J connectivity index is 0.000000130. The molecule has 0 saturated heterocycles. The van der Waals surface area contributed by atoms with Crippen molar-refractivity contribution in [1.82, 2.24) is 0 Å². The van der Waals surface area contributed by atoms with Crippen LogP contribution in [0.15, 0.2) is 0 Å². The molecule has 2 unspecified atom stereocenters. The maximum Gasteiger partial charge on any atom is -0.0380 e. The van der Waals surface area contributed by atoms with E-state index in [1.807, 2.05) is 0 Å². The second kappa shape index (κ2) is 9.63. The summed E-state index contributed by atoms with van der Waals surface area (Å²) in [5.41, 5.74) is 0. The summed E-state index contributed by atoms with van der Waals surface area (Å²) in [6, 6.07) is 0. The molecule has 24 heavy (non-hydrogen) atoms. The van der Waals surface area contributed by atoms with Gasteiger partial charge in [0.2, 0.25) is 0 Å². The molecule has 0 aromatic carbocycles. The zero-order valence-corrected chi connectivity index (χ0v) is 17.7. The van der Waals surface area contributed by atoms with E-state index in [1.54, 1.807) is 12.8 Å². The standard InChI is InChI=1S/C8H14.2C8H16/c1-5-6(2)8-3-7(5)4-8;1-7(2)8-5-3-4-6-8;1-3-7-5-8(4-2)6-7/h5-8H,3-4H2,1-2H3;2*7-8H,3-6H2,1-2H3. The maximum atomic E-state index is 2.42. The molecule has 0 nitrogen and oxygen atoms in total. The molecule has 0 amide bonds. The Bertz CT molecular complexity index is 306. The molecule has 0 spiro atoms. The fourth-order valence-electron chi connectivity index (χ4n) is 5.59. The minimum atomic E-state index is 0.942. The highest BCUT2D eigenvalue weighted by atomic mass is 14.5. The van der Waals surface area contributed by atoms with Crippen molar-refractivity contribution in [3.8, 4) is 0 Å². The van der Waals surface area contributed by atoms with Crippen molar-refractivity contribution >= 4 is 0 Å². The van der Waals surface area contributed by atoms with Gasteiger partial charge in [-0.05, 0) is 73.0 Å². The Labute approximate surface area is 153 Å². The van der Waals surface area contributed by atoms with Crippen LogP contribution in [0.1, 0.15) is 106 Å². The molecule has 5 rings (SSSR count). The third-order valence-electron chi connectivity index (χ3n) is 8.36. The van der Waals surface area contributed by atoms with E-state index >= 15 is 0 Å². The van der Waals surface area contributed by atoms with Crippen LogP contribution in [-0.4, -0.2) is 0 Å². The number of hydrogen-bond acceptors (Lipinski definition) is 0. The average Bonchev–Trinajstić information content (AvgIpc) is 3.14. The van der Waals surface area contributed by atoms with Crippen molar-refractivity contribution in [2.75, 3.05) is 0 Å². The van der Waals surface area contributed by atoms with Crippen LogP contribution in [0, 0.1) is 47.3 Å². The third kappa shape index (κ3) is 5.25. The van der Waals surface area contributed by atoms with Gasteiger partial charge in [0, 0.05) is 0 Å². The van der Waals surface area contributed by atoms with E-state index in [-0.39, 0.29) is 0 Å². The van der Waals surface area contributed by atoms with E-state index in [1.165, 1.54) is 51.4 Å². The fraction of sp³-hybridized carbons (Fsp3) is 1.00. The summed E-state index contributed by atoms with van der Waals surface area (Å²) >= 11 is 0. The highest BCUT2D eigenvalue weighted by Crippen LogP contribution is 2.55. The maximum absolute atomic E-state index is 2.42. The highest BCUT2D eigenvalue weighted by molar-refractivity contribution is 4.96. The van der Waals surface area contributed by atoms with Gasteiger partial charge in [0.25, 0.3) is 0 Å². The Morgan fingerprint density at radius 3 is 1.33 bits per heavy atom. The molecular weight excluding hydrogens is 288 g/mol. The molecule has 5 fully saturated rings. The summed E-state index contributed by atoms with van der Waals surface area (Å²) in [4.78, 5) is 0. The normalized spacial score (nSPS) is 40.1. The van der Waals surface area contributed by atoms with Crippen LogP contribution in [0.2, 0.25) is 0 Å². The van der Waals surface area contributed by atoms with E-state index < -0.39 is 0 Å². The van der Waals surface area contributed by atoms with Crippen molar-refractivity contribution in [2.45, 2.75) is 106 Å². The van der Waals surface area contributed by atoms with Crippen LogP contribution in [0.3, 0.4) is 0 Å². The third-order valence-corrected chi connectivity index (χ3v) is 8.36. The van der Waals surface area contributed by atoms with E-state index in [9.17, 15) is 0 Å². The van der Waals surface area contributed by atoms with Crippen LogP contribution < -0.4 is 0 Å². The van der Waals surface area contributed by atoms with Gasteiger partial charge in [-0.15, -0.1) is 0 Å². The Kier molecular flexibility index (Phi) is 8.15. The smallest absolute Gasteiger partial charge is 0.0380 e. The summed E-state index contributed by atoms with van der Waals surface area (Å²) in [7, 11) is 0. The van der Waals surface area contributed by atoms with E-state index in [2.05, 4.69) is 41.5 Å². The van der Waals surface area contributed by atoms with Gasteiger partial charge in [0.05, 0.1) is 0 Å². The predicted molar refractivity (Wildman–Crippen MR) is 108 cm³/mol. The van der Waals surface area contributed by atoms with E-state index in [0.717, 1.165) is 47.3 Å². The van der Waals surface area contributed by atoms with Crippen LogP contribution in [-0.2, 0) is 0 Å². The van der Waals surface area contributed by atoms with Crippen molar-refractivity contribution in [1.29, 1.82) is 0 Å². The zero-order valence-electron chi connectivity index (χ0n) is 17.7. The number of hydrogen-bond donors (Lipinski definition) is 0. The monoisotopic (exact) mass is 334 g/mol. The van der Waals surface area contributed by atoms with Gasteiger partial charge >= 0.3 is 0 Å². The minimum absolute atomic E-state index is 0.942. The quantitative estimate of drug-likeness (QED) is 0.491. The van der Waals surface area contributed by atoms with Crippen LogP contribution in [0.25, 0.3) is 0 Å². The molecule has 0 heteroatoms. The van der Waals surface area contributed by atoms with Gasteiger partial charge in [-0.3, -0.25) is 0 Å². The molecular formula is C24H46. The molecule has 0 aromatic rings. The molecule has 0 N–H and O–H groups in total. The second-order valence-electron chi connectivity index (χ2n) is 10.0. The van der Waals surface area contributed by atoms with Crippen molar-refractivity contribution in [2.24, 2.45) is 47.3 Å². The second-order valence-corrected chi connectivity index (χ2v) is 10.0. The number of rotatable bonds is 3. The van der Waals surface area contributed by atoms with Gasteiger partial charge in [-0.1, -0.05) is 80.1 Å². The molecule has 0 radical (unpaired) electrons. The van der Waals surface area contributed by atoms with Gasteiger partial charge in [-0.25, -0.2) is 0 Å².